The van der Waals surface area contributed by atoms with Crippen molar-refractivity contribution in [3.8, 4) is 0 Å². The number of carbonyl (C=O) groups is 2. The van der Waals surface area contributed by atoms with Gasteiger partial charge in [-0.15, -0.1) is 0 Å². The quantitative estimate of drug-likeness (QED) is 0.727. The fourth-order valence-electron chi connectivity index (χ4n) is 3.94. The monoisotopic (exact) mass is 312 g/mol. The number of hydrogen-bond acceptors (Lipinski definition) is 3. The van der Waals surface area contributed by atoms with Gasteiger partial charge in [0.15, 0.2) is 0 Å². The fraction of sp³-hybridized carbons (Fsp3) is 0.875. The van der Waals surface area contributed by atoms with Gasteiger partial charge in [0.25, 0.3) is 0 Å². The number of carboxylic acid groups (broad SMARTS) is 1. The molecule has 2 fully saturated rings. The van der Waals surface area contributed by atoms with Gasteiger partial charge < -0.3 is 15.5 Å². The van der Waals surface area contributed by atoms with Gasteiger partial charge in [-0.05, 0) is 18.3 Å². The van der Waals surface area contributed by atoms with Crippen LogP contribution in [0, 0.1) is 5.41 Å². The van der Waals surface area contributed by atoms with E-state index in [1.54, 1.807) is 0 Å². The lowest BCUT2D eigenvalue weighted by Crippen LogP contribution is -2.65. The average molecular weight is 312 g/mol. The Morgan fingerprint density at radius 2 is 1.77 bits per heavy atom. The number of likely N-dealkylation sites (tertiary alicyclic amines) is 1. The summed E-state index contributed by atoms with van der Waals surface area (Å²) >= 11 is 0. The van der Waals surface area contributed by atoms with Crippen LogP contribution in [0.15, 0.2) is 0 Å². The highest BCUT2D eigenvalue weighted by molar-refractivity contribution is 5.91. The fourth-order valence-corrected chi connectivity index (χ4v) is 3.94. The first-order valence-corrected chi connectivity index (χ1v) is 8.18. The molecule has 1 saturated carbocycles. The number of aliphatic hydroxyl groups is 1. The van der Waals surface area contributed by atoms with Crippen molar-refractivity contribution in [2.75, 3.05) is 6.54 Å². The maximum absolute atomic E-state index is 13.0. The minimum atomic E-state index is -1.21. The average Bonchev–Trinajstić information content (AvgIpc) is 2.78. The van der Waals surface area contributed by atoms with Crippen molar-refractivity contribution >= 4 is 12.0 Å². The number of hydrogen-bond donors (Lipinski definition) is 3. The summed E-state index contributed by atoms with van der Waals surface area (Å²) < 4.78 is 0. The van der Waals surface area contributed by atoms with Gasteiger partial charge in [-0.3, -0.25) is 9.69 Å². The van der Waals surface area contributed by atoms with Gasteiger partial charge in [0.1, 0.15) is 5.54 Å². The number of nitrogens with one attached hydrogen (secondary N) is 1. The first-order chi connectivity index (χ1) is 10.2. The molecule has 2 atom stereocenters. The predicted molar refractivity (Wildman–Crippen MR) is 82.6 cm³/mol. The Morgan fingerprint density at radius 3 is 2.27 bits per heavy atom. The molecule has 0 aromatic heterocycles. The zero-order chi connectivity index (χ0) is 16.5. The second kappa shape index (κ2) is 6.07. The molecule has 0 aromatic carbocycles. The number of nitrogens with zero attached hydrogens (tertiary/aromatic N) is 1. The highest BCUT2D eigenvalue weighted by atomic mass is 16.4. The lowest BCUT2D eigenvalue weighted by Gasteiger charge is -2.46. The molecule has 22 heavy (non-hydrogen) atoms. The summed E-state index contributed by atoms with van der Waals surface area (Å²) in [5.41, 5.74) is -1.81. The van der Waals surface area contributed by atoms with E-state index in [0.29, 0.717) is 0 Å². The summed E-state index contributed by atoms with van der Waals surface area (Å²) in [7, 11) is 0. The maximum Gasteiger partial charge on any atom is 0.408 e. The van der Waals surface area contributed by atoms with Crippen LogP contribution in [0.3, 0.4) is 0 Å². The molecule has 3 N–H and O–H groups in total. The molecule has 2 rings (SSSR count). The molecule has 0 radical (unpaired) electrons. The lowest BCUT2D eigenvalue weighted by molar-refractivity contribution is -0.138. The second-order valence-electron chi connectivity index (χ2n) is 7.67. The van der Waals surface area contributed by atoms with E-state index < -0.39 is 23.2 Å². The summed E-state index contributed by atoms with van der Waals surface area (Å²) in [6, 6.07) is 0.119. The molecule has 126 valence electrons. The molecule has 6 nitrogen and oxygen atoms in total. The van der Waals surface area contributed by atoms with Crippen LogP contribution in [-0.4, -0.2) is 51.3 Å². The van der Waals surface area contributed by atoms with Crippen molar-refractivity contribution in [1.82, 2.24) is 10.2 Å². The molecule has 6 heteroatoms. The van der Waals surface area contributed by atoms with Crippen LogP contribution >= 0.6 is 0 Å². The summed E-state index contributed by atoms with van der Waals surface area (Å²) in [4.78, 5) is 25.8. The first kappa shape index (κ1) is 17.1. The van der Waals surface area contributed by atoms with Crippen LogP contribution < -0.4 is 5.32 Å². The molecular formula is C16H28N2O4. The topological polar surface area (TPSA) is 89.9 Å². The molecule has 1 aliphatic carbocycles. The molecule has 1 heterocycles. The van der Waals surface area contributed by atoms with Crippen molar-refractivity contribution < 1.29 is 19.8 Å². The Balaban J connectivity index is 2.28. The molecular weight excluding hydrogens is 284 g/mol. The molecule has 0 unspecified atom stereocenters. The van der Waals surface area contributed by atoms with Crippen molar-refractivity contribution in [3.05, 3.63) is 0 Å². The van der Waals surface area contributed by atoms with E-state index in [-0.39, 0.29) is 24.9 Å². The summed E-state index contributed by atoms with van der Waals surface area (Å²) in [6.07, 6.45) is 3.48. The number of carbonyl (C=O) groups excluding carboxylic acids is 1. The minimum Gasteiger partial charge on any atom is -0.465 e. The number of rotatable bonds is 2. The smallest absolute Gasteiger partial charge is 0.408 e. The number of aliphatic hydroxyl groups excluding tert-OH is 1. The summed E-state index contributed by atoms with van der Waals surface area (Å²) in [6.45, 7) is 5.58. The van der Waals surface area contributed by atoms with Crippen LogP contribution in [0.4, 0.5) is 4.79 Å². The molecule has 2 amide bonds. The van der Waals surface area contributed by atoms with Crippen LogP contribution in [0.5, 0.6) is 0 Å². The van der Waals surface area contributed by atoms with Crippen molar-refractivity contribution in [3.63, 3.8) is 0 Å². The van der Waals surface area contributed by atoms with Crippen molar-refractivity contribution in [2.24, 2.45) is 5.41 Å². The molecule has 2 aliphatic rings. The van der Waals surface area contributed by atoms with Crippen LogP contribution in [0.1, 0.15) is 59.3 Å². The van der Waals surface area contributed by atoms with E-state index in [4.69, 9.17) is 0 Å². The van der Waals surface area contributed by atoms with E-state index in [1.165, 1.54) is 6.42 Å². The lowest BCUT2D eigenvalue weighted by atomic mass is 9.70. The Hall–Kier alpha value is -1.30. The molecule has 1 saturated heterocycles. The van der Waals surface area contributed by atoms with Gasteiger partial charge in [0.05, 0.1) is 12.6 Å². The maximum atomic E-state index is 13.0. The third-order valence-electron chi connectivity index (χ3n) is 5.17. The zero-order valence-electron chi connectivity index (χ0n) is 13.8. The molecule has 0 aromatic rings. The van der Waals surface area contributed by atoms with Gasteiger partial charge in [-0.2, -0.15) is 0 Å². The summed E-state index contributed by atoms with van der Waals surface area (Å²) in [5, 5.41) is 22.6. The van der Waals surface area contributed by atoms with Crippen LogP contribution in [0.2, 0.25) is 0 Å². The Labute approximate surface area is 131 Å². The highest BCUT2D eigenvalue weighted by Gasteiger charge is 2.60. The van der Waals surface area contributed by atoms with Crippen LogP contribution in [0.25, 0.3) is 0 Å². The molecule has 0 spiro atoms. The van der Waals surface area contributed by atoms with Crippen molar-refractivity contribution in [2.45, 2.75) is 77.0 Å². The molecule has 0 bridgehead atoms. The van der Waals surface area contributed by atoms with Gasteiger partial charge in [-0.1, -0.05) is 40.0 Å². The third-order valence-corrected chi connectivity index (χ3v) is 5.17. The van der Waals surface area contributed by atoms with Gasteiger partial charge in [0, 0.05) is 12.5 Å². The molecule has 1 aliphatic heterocycles. The standard InChI is InChI=1S/C16H28N2O4/c1-15(2,3)16(9-12(19)10-18(16)14(21)22)13(20)17-11-7-5-4-6-8-11/h11-12,19H,4-10H2,1-3H3,(H,17,20)(H,21,22)/t12-,16+/m1/s1. The second-order valence-corrected chi connectivity index (χ2v) is 7.67. The first-order valence-electron chi connectivity index (χ1n) is 8.18. The Morgan fingerprint density at radius 1 is 1.18 bits per heavy atom. The Kier molecular flexibility index (Phi) is 4.70. The van der Waals surface area contributed by atoms with E-state index in [0.717, 1.165) is 30.6 Å². The van der Waals surface area contributed by atoms with Crippen LogP contribution in [-0.2, 0) is 4.79 Å². The van der Waals surface area contributed by atoms with Crippen molar-refractivity contribution in [1.29, 1.82) is 0 Å². The summed E-state index contributed by atoms with van der Waals surface area (Å²) in [5.74, 6) is -0.258. The normalized spacial score (nSPS) is 30.4. The van der Waals surface area contributed by atoms with Gasteiger partial charge in [0.2, 0.25) is 5.91 Å². The van der Waals surface area contributed by atoms with E-state index >= 15 is 0 Å². The van der Waals surface area contributed by atoms with E-state index in [2.05, 4.69) is 5.32 Å². The van der Waals surface area contributed by atoms with Gasteiger partial charge in [-0.25, -0.2) is 4.79 Å². The largest absolute Gasteiger partial charge is 0.465 e. The zero-order valence-corrected chi connectivity index (χ0v) is 13.8. The third kappa shape index (κ3) is 2.93. The van der Waals surface area contributed by atoms with Gasteiger partial charge >= 0.3 is 6.09 Å². The van der Waals surface area contributed by atoms with E-state index in [1.807, 2.05) is 20.8 Å². The highest BCUT2D eigenvalue weighted by Crippen LogP contribution is 2.44. The van der Waals surface area contributed by atoms with E-state index in [9.17, 15) is 19.8 Å². The Bertz CT molecular complexity index is 440. The minimum absolute atomic E-state index is 0.00924. The SMILES string of the molecule is CC(C)(C)[C@@]1(C(=O)NC2CCCCC2)C[C@@H](O)CN1C(=O)O. The predicted octanol–water partition coefficient (Wildman–Crippen LogP) is 1.96. The number of β-amino-alcohol motifs (C(OH)–C–C–N with tert-alkyl or cyclic N) is 1. The number of amides is 2.